The average molecular weight is 191 g/mol. The number of halogens is 1. The molecule has 0 amide bonds. The zero-order chi connectivity index (χ0) is 6.85. The van der Waals surface area contributed by atoms with Crippen molar-refractivity contribution in [3.05, 3.63) is 22.1 Å². The molecule has 50 valence electrons. The Bertz CT molecular complexity index is 181. The third kappa shape index (κ3) is 1.27. The fraction of sp³-hybridized carbons (Fsp3) is 0.333. The summed E-state index contributed by atoms with van der Waals surface area (Å²) in [7, 11) is 0. The van der Waals surface area contributed by atoms with Gasteiger partial charge in [0.2, 0.25) is 0 Å². The zero-order valence-corrected chi connectivity index (χ0v) is 6.35. The van der Waals surface area contributed by atoms with Gasteiger partial charge in [-0.3, -0.25) is 0 Å². The number of aliphatic hydroxyl groups excluding tert-OH is 2. The predicted molar refractivity (Wildman–Crippen MR) is 38.5 cm³/mol. The Labute approximate surface area is 61.6 Å². The molecule has 0 unspecified atom stereocenters. The smallest absolute Gasteiger partial charge is 0.167 e. The maximum absolute atomic E-state index is 8.96. The molecule has 0 spiro atoms. The topological polar surface area (TPSA) is 40.5 Å². The van der Waals surface area contributed by atoms with E-state index in [9.17, 15) is 0 Å². The lowest BCUT2D eigenvalue weighted by Gasteiger charge is -2.07. The van der Waals surface area contributed by atoms with E-state index in [-0.39, 0.29) is 11.5 Å². The third-order valence-electron chi connectivity index (χ3n) is 1.20. The molecule has 9 heavy (non-hydrogen) atoms. The van der Waals surface area contributed by atoms with Crippen LogP contribution in [0.5, 0.6) is 0 Å². The quantitative estimate of drug-likeness (QED) is 0.617. The predicted octanol–water partition coefficient (Wildman–Crippen LogP) is 2.39. The molecule has 0 radical (unpaired) electrons. The van der Waals surface area contributed by atoms with Crippen LogP contribution in [0.1, 0.15) is 12.8 Å². The normalized spacial score (nSPS) is 19.9. The molecule has 0 aliphatic heterocycles. The highest BCUT2D eigenvalue weighted by Gasteiger charge is 2.10. The minimum Gasteiger partial charge on any atom is -0.508 e. The van der Waals surface area contributed by atoms with Crippen molar-refractivity contribution in [3.63, 3.8) is 0 Å². The van der Waals surface area contributed by atoms with Crippen LogP contribution in [0.4, 0.5) is 0 Å². The monoisotopic (exact) mass is 190 g/mol. The second-order valence-corrected chi connectivity index (χ2v) is 2.74. The average Bonchev–Trinajstić information content (AvgIpc) is 1.83. The van der Waals surface area contributed by atoms with Crippen LogP contribution in [-0.2, 0) is 0 Å². The van der Waals surface area contributed by atoms with Gasteiger partial charge in [-0.05, 0) is 22.4 Å². The molecule has 0 saturated carbocycles. The van der Waals surface area contributed by atoms with Gasteiger partial charge < -0.3 is 10.2 Å². The van der Waals surface area contributed by atoms with Crippen molar-refractivity contribution in [3.8, 4) is 0 Å². The summed E-state index contributed by atoms with van der Waals surface area (Å²) in [4.78, 5) is 0. The summed E-state index contributed by atoms with van der Waals surface area (Å²) >= 11 is 3.09. The maximum atomic E-state index is 8.96. The van der Waals surface area contributed by atoms with E-state index in [1.54, 1.807) is 0 Å². The van der Waals surface area contributed by atoms with Gasteiger partial charge in [0, 0.05) is 6.42 Å². The van der Waals surface area contributed by atoms with Crippen LogP contribution in [0.15, 0.2) is 22.1 Å². The number of allylic oxidation sites excluding steroid dienone is 3. The molecule has 0 aromatic heterocycles. The third-order valence-corrected chi connectivity index (χ3v) is 1.90. The Morgan fingerprint density at radius 1 is 1.44 bits per heavy atom. The van der Waals surface area contributed by atoms with Crippen molar-refractivity contribution in [1.82, 2.24) is 0 Å². The summed E-state index contributed by atoms with van der Waals surface area (Å²) in [6.07, 6.45) is 3.16. The highest BCUT2D eigenvalue weighted by atomic mass is 79.9. The molecule has 3 heteroatoms. The van der Waals surface area contributed by atoms with Crippen LogP contribution < -0.4 is 0 Å². The number of aliphatic hydroxyl groups is 2. The van der Waals surface area contributed by atoms with E-state index in [4.69, 9.17) is 10.2 Å². The second-order valence-electron chi connectivity index (χ2n) is 1.89. The van der Waals surface area contributed by atoms with Crippen LogP contribution in [0.3, 0.4) is 0 Å². The second kappa shape index (κ2) is 2.43. The number of hydrogen-bond acceptors (Lipinski definition) is 2. The fourth-order valence-corrected chi connectivity index (χ4v) is 1.15. The Kier molecular flexibility index (Phi) is 1.81. The Hall–Kier alpha value is -0.440. The van der Waals surface area contributed by atoms with Crippen LogP contribution in [0.25, 0.3) is 0 Å². The molecule has 0 atom stereocenters. The van der Waals surface area contributed by atoms with E-state index >= 15 is 0 Å². The highest BCUT2D eigenvalue weighted by Crippen LogP contribution is 2.25. The zero-order valence-electron chi connectivity index (χ0n) is 4.76. The molecule has 0 aromatic carbocycles. The molecule has 1 aliphatic rings. The summed E-state index contributed by atoms with van der Waals surface area (Å²) in [6, 6.07) is 0. The summed E-state index contributed by atoms with van der Waals surface area (Å²) in [5, 5.41) is 17.9. The molecule has 0 heterocycles. The Morgan fingerprint density at radius 2 is 2.11 bits per heavy atom. The van der Waals surface area contributed by atoms with Gasteiger partial charge in [0.1, 0.15) is 5.76 Å². The molecular weight excluding hydrogens is 184 g/mol. The van der Waals surface area contributed by atoms with Crippen molar-refractivity contribution < 1.29 is 10.2 Å². The van der Waals surface area contributed by atoms with Crippen molar-refractivity contribution in [1.29, 1.82) is 0 Å². The molecule has 1 rings (SSSR count). The standard InChI is InChI=1S/C6H7BrO2/c7-4-2-1-3-5(8)6(4)9/h2,8-9H,1,3H2. The number of rotatable bonds is 0. The molecule has 0 fully saturated rings. The van der Waals surface area contributed by atoms with Gasteiger partial charge in [-0.25, -0.2) is 0 Å². The lowest BCUT2D eigenvalue weighted by Crippen LogP contribution is -1.95. The SMILES string of the molecule is OC1=C(O)C(Br)=CCC1. The molecule has 0 bridgehead atoms. The van der Waals surface area contributed by atoms with Gasteiger partial charge >= 0.3 is 0 Å². The maximum Gasteiger partial charge on any atom is 0.167 e. The largest absolute Gasteiger partial charge is 0.508 e. The van der Waals surface area contributed by atoms with Gasteiger partial charge in [0.25, 0.3) is 0 Å². The fourth-order valence-electron chi connectivity index (χ4n) is 0.689. The van der Waals surface area contributed by atoms with Crippen molar-refractivity contribution >= 4 is 15.9 Å². The lowest BCUT2D eigenvalue weighted by atomic mass is 10.1. The van der Waals surface area contributed by atoms with Crippen LogP contribution in [-0.4, -0.2) is 10.2 Å². The van der Waals surface area contributed by atoms with Gasteiger partial charge in [-0.1, -0.05) is 6.08 Å². The van der Waals surface area contributed by atoms with Gasteiger partial charge in [-0.2, -0.15) is 0 Å². The summed E-state index contributed by atoms with van der Waals surface area (Å²) in [5.74, 6) is 0.0469. The molecule has 0 saturated heterocycles. The Balaban J connectivity index is 2.88. The first-order chi connectivity index (χ1) is 4.22. The van der Waals surface area contributed by atoms with Crippen molar-refractivity contribution in [2.24, 2.45) is 0 Å². The van der Waals surface area contributed by atoms with E-state index in [1.165, 1.54) is 0 Å². The van der Waals surface area contributed by atoms with E-state index in [2.05, 4.69) is 15.9 Å². The van der Waals surface area contributed by atoms with Crippen molar-refractivity contribution in [2.45, 2.75) is 12.8 Å². The van der Waals surface area contributed by atoms with E-state index in [1.807, 2.05) is 6.08 Å². The van der Waals surface area contributed by atoms with E-state index in [0.717, 1.165) is 6.42 Å². The number of hydrogen-bond donors (Lipinski definition) is 2. The van der Waals surface area contributed by atoms with Crippen molar-refractivity contribution in [2.75, 3.05) is 0 Å². The van der Waals surface area contributed by atoms with E-state index in [0.29, 0.717) is 10.9 Å². The molecule has 0 aromatic rings. The minimum atomic E-state index is -0.0266. The molecule has 1 aliphatic carbocycles. The van der Waals surface area contributed by atoms with Crippen LogP contribution in [0, 0.1) is 0 Å². The molecule has 2 nitrogen and oxygen atoms in total. The van der Waals surface area contributed by atoms with Crippen LogP contribution >= 0.6 is 15.9 Å². The van der Waals surface area contributed by atoms with Gasteiger partial charge in [-0.15, -0.1) is 0 Å². The van der Waals surface area contributed by atoms with Crippen LogP contribution in [0.2, 0.25) is 0 Å². The van der Waals surface area contributed by atoms with Gasteiger partial charge in [0.15, 0.2) is 5.76 Å². The molecule has 2 N–H and O–H groups in total. The molecular formula is C6H7BrO2. The highest BCUT2D eigenvalue weighted by molar-refractivity contribution is 9.11. The summed E-state index contributed by atoms with van der Waals surface area (Å²) in [5.41, 5.74) is 0. The first-order valence-electron chi connectivity index (χ1n) is 2.69. The minimum absolute atomic E-state index is 0.0266. The Morgan fingerprint density at radius 3 is 2.56 bits per heavy atom. The first kappa shape index (κ1) is 6.68. The van der Waals surface area contributed by atoms with E-state index < -0.39 is 0 Å². The first-order valence-corrected chi connectivity index (χ1v) is 3.48. The summed E-state index contributed by atoms with van der Waals surface area (Å²) in [6.45, 7) is 0. The lowest BCUT2D eigenvalue weighted by molar-refractivity contribution is 0.318. The summed E-state index contributed by atoms with van der Waals surface area (Å²) < 4.78 is 0.589. The van der Waals surface area contributed by atoms with Gasteiger partial charge in [0.05, 0.1) is 4.48 Å².